The summed E-state index contributed by atoms with van der Waals surface area (Å²) in [6.45, 7) is 7.03. The second-order valence-corrected chi connectivity index (χ2v) is 10.9. The number of aromatic nitrogens is 3. The van der Waals surface area contributed by atoms with Gasteiger partial charge in [-0.05, 0) is 85.3 Å². The van der Waals surface area contributed by atoms with Gasteiger partial charge in [0.15, 0.2) is 0 Å². The number of hydrogen-bond acceptors (Lipinski definition) is 5. The standard InChI is InChI=1S/C31H36ClN5O/c1-24-27(8-5-9-30(24)26-6-3-2-4-7-26)19-36-16-14-25(15-17-36)18-33-20-31(38,21-37-23-34-22-35-37)28-10-12-29(32)13-11-28/h2-13,22-23,25,33,38H,14-21H2,1H3. The average molecular weight is 530 g/mol. The smallest absolute Gasteiger partial charge is 0.137 e. The van der Waals surface area contributed by atoms with Crippen molar-refractivity contribution in [1.29, 1.82) is 0 Å². The van der Waals surface area contributed by atoms with E-state index in [1.807, 2.05) is 24.3 Å². The van der Waals surface area contributed by atoms with Gasteiger partial charge in [-0.2, -0.15) is 5.10 Å². The summed E-state index contributed by atoms with van der Waals surface area (Å²) in [6.07, 6.45) is 5.41. The van der Waals surface area contributed by atoms with Gasteiger partial charge in [-0.25, -0.2) is 9.67 Å². The van der Waals surface area contributed by atoms with Crippen molar-refractivity contribution < 1.29 is 5.11 Å². The number of nitrogens with one attached hydrogen (secondary N) is 1. The summed E-state index contributed by atoms with van der Waals surface area (Å²) in [5.41, 5.74) is 5.08. The van der Waals surface area contributed by atoms with Crippen LogP contribution in [0.4, 0.5) is 0 Å². The predicted molar refractivity (Wildman–Crippen MR) is 153 cm³/mol. The molecule has 198 valence electrons. The molecule has 2 heterocycles. The fourth-order valence-electron chi connectivity index (χ4n) is 5.45. The summed E-state index contributed by atoms with van der Waals surface area (Å²) in [6, 6.07) is 24.7. The highest BCUT2D eigenvalue weighted by atomic mass is 35.5. The summed E-state index contributed by atoms with van der Waals surface area (Å²) in [5, 5.41) is 20.0. The molecule has 0 bridgehead atoms. The quantitative estimate of drug-likeness (QED) is 0.292. The third-order valence-electron chi connectivity index (χ3n) is 7.75. The van der Waals surface area contributed by atoms with Crippen LogP contribution >= 0.6 is 11.6 Å². The lowest BCUT2D eigenvalue weighted by molar-refractivity contribution is 0.0139. The molecule has 4 aromatic rings. The van der Waals surface area contributed by atoms with Gasteiger partial charge in [0.05, 0.1) is 6.54 Å². The molecule has 1 aliphatic rings. The van der Waals surface area contributed by atoms with Crippen LogP contribution in [0.15, 0.2) is 85.5 Å². The summed E-state index contributed by atoms with van der Waals surface area (Å²) >= 11 is 6.09. The number of aliphatic hydroxyl groups is 1. The van der Waals surface area contributed by atoms with E-state index < -0.39 is 5.60 Å². The second kappa shape index (κ2) is 12.2. The molecule has 0 saturated carbocycles. The summed E-state index contributed by atoms with van der Waals surface area (Å²) in [5.74, 6) is 0.587. The van der Waals surface area contributed by atoms with E-state index in [1.165, 1.54) is 28.6 Å². The Balaban J connectivity index is 1.14. The molecule has 6 nitrogen and oxygen atoms in total. The molecule has 1 atom stereocenters. The average Bonchev–Trinajstić information content (AvgIpc) is 3.44. The Morgan fingerprint density at radius 2 is 1.76 bits per heavy atom. The van der Waals surface area contributed by atoms with E-state index in [0.29, 0.717) is 24.0 Å². The number of piperidine rings is 1. The molecule has 0 amide bonds. The maximum atomic E-state index is 11.6. The molecule has 0 radical (unpaired) electrons. The first-order chi connectivity index (χ1) is 18.5. The third-order valence-corrected chi connectivity index (χ3v) is 8.01. The molecule has 0 aliphatic carbocycles. The Morgan fingerprint density at radius 3 is 2.47 bits per heavy atom. The van der Waals surface area contributed by atoms with Gasteiger partial charge in [0.2, 0.25) is 0 Å². The first kappa shape index (κ1) is 26.6. The van der Waals surface area contributed by atoms with Gasteiger partial charge >= 0.3 is 0 Å². The minimum absolute atomic E-state index is 0.321. The first-order valence-electron chi connectivity index (χ1n) is 13.4. The Kier molecular flexibility index (Phi) is 8.55. The maximum absolute atomic E-state index is 11.6. The highest BCUT2D eigenvalue weighted by Crippen LogP contribution is 2.28. The fourth-order valence-corrected chi connectivity index (χ4v) is 5.58. The Bertz CT molecular complexity index is 1290. The van der Waals surface area contributed by atoms with Crippen molar-refractivity contribution in [3.63, 3.8) is 0 Å². The van der Waals surface area contributed by atoms with Gasteiger partial charge in [-0.3, -0.25) is 4.90 Å². The minimum Gasteiger partial charge on any atom is -0.382 e. The van der Waals surface area contributed by atoms with E-state index in [-0.39, 0.29) is 0 Å². The zero-order valence-corrected chi connectivity index (χ0v) is 22.7. The fraction of sp³-hybridized carbons (Fsp3) is 0.355. The van der Waals surface area contributed by atoms with E-state index >= 15 is 0 Å². The van der Waals surface area contributed by atoms with Crippen molar-refractivity contribution in [3.05, 3.63) is 107 Å². The predicted octanol–water partition coefficient (Wildman–Crippen LogP) is 5.30. The number of hydrogen-bond donors (Lipinski definition) is 2. The summed E-state index contributed by atoms with van der Waals surface area (Å²) in [7, 11) is 0. The zero-order chi connectivity index (χ0) is 26.4. The largest absolute Gasteiger partial charge is 0.382 e. The van der Waals surface area contributed by atoms with Gasteiger partial charge in [0, 0.05) is 18.1 Å². The number of nitrogens with zero attached hydrogens (tertiary/aromatic N) is 4. The second-order valence-electron chi connectivity index (χ2n) is 10.4. The highest BCUT2D eigenvalue weighted by Gasteiger charge is 2.31. The normalized spacial score (nSPS) is 16.4. The SMILES string of the molecule is Cc1c(CN2CCC(CNCC(O)(Cn3cncn3)c3ccc(Cl)cc3)CC2)cccc1-c1ccccc1. The van der Waals surface area contributed by atoms with E-state index in [2.05, 4.69) is 75.8 Å². The van der Waals surface area contributed by atoms with Crippen LogP contribution in [0.3, 0.4) is 0 Å². The molecule has 1 aromatic heterocycles. The number of rotatable bonds is 10. The van der Waals surface area contributed by atoms with Crippen molar-refractivity contribution >= 4 is 11.6 Å². The van der Waals surface area contributed by atoms with Gasteiger partial charge in [-0.1, -0.05) is 72.3 Å². The number of halogens is 1. The molecule has 1 aliphatic heterocycles. The van der Waals surface area contributed by atoms with Crippen LogP contribution in [0.2, 0.25) is 5.02 Å². The van der Waals surface area contributed by atoms with Crippen molar-refractivity contribution in [1.82, 2.24) is 25.0 Å². The van der Waals surface area contributed by atoms with Crippen LogP contribution in [0.25, 0.3) is 11.1 Å². The Morgan fingerprint density at radius 1 is 1.00 bits per heavy atom. The lowest BCUT2D eigenvalue weighted by atomic mass is 9.92. The Hall–Kier alpha value is -3.03. The zero-order valence-electron chi connectivity index (χ0n) is 21.9. The lowest BCUT2D eigenvalue weighted by Gasteiger charge is -2.34. The molecule has 0 spiro atoms. The van der Waals surface area contributed by atoms with E-state index in [4.69, 9.17) is 11.6 Å². The van der Waals surface area contributed by atoms with Crippen molar-refractivity contribution in [2.75, 3.05) is 26.2 Å². The molecule has 5 rings (SSSR count). The number of likely N-dealkylation sites (tertiary alicyclic amines) is 1. The first-order valence-corrected chi connectivity index (χ1v) is 13.8. The van der Waals surface area contributed by atoms with E-state index in [9.17, 15) is 5.11 Å². The monoisotopic (exact) mass is 529 g/mol. The minimum atomic E-state index is -1.11. The van der Waals surface area contributed by atoms with Crippen LogP contribution in [0.1, 0.15) is 29.5 Å². The summed E-state index contributed by atoms with van der Waals surface area (Å²) in [4.78, 5) is 6.60. The molecule has 1 saturated heterocycles. The molecule has 7 heteroatoms. The maximum Gasteiger partial charge on any atom is 0.137 e. The highest BCUT2D eigenvalue weighted by molar-refractivity contribution is 6.30. The molecule has 1 unspecified atom stereocenters. The van der Waals surface area contributed by atoms with E-state index in [0.717, 1.165) is 44.6 Å². The number of benzene rings is 3. The molecule has 2 N–H and O–H groups in total. The molecule has 1 fully saturated rings. The summed E-state index contributed by atoms with van der Waals surface area (Å²) < 4.78 is 1.67. The van der Waals surface area contributed by atoms with Crippen LogP contribution in [0, 0.1) is 12.8 Å². The molecular weight excluding hydrogens is 494 g/mol. The molecule has 3 aromatic carbocycles. The van der Waals surface area contributed by atoms with Gasteiger partial charge < -0.3 is 10.4 Å². The molecule has 38 heavy (non-hydrogen) atoms. The van der Waals surface area contributed by atoms with Crippen LogP contribution in [-0.2, 0) is 18.7 Å². The van der Waals surface area contributed by atoms with Crippen molar-refractivity contribution in [2.24, 2.45) is 5.92 Å². The lowest BCUT2D eigenvalue weighted by Crippen LogP contribution is -2.44. The van der Waals surface area contributed by atoms with Gasteiger partial charge in [-0.15, -0.1) is 0 Å². The van der Waals surface area contributed by atoms with Crippen molar-refractivity contribution in [3.8, 4) is 11.1 Å². The van der Waals surface area contributed by atoms with Crippen LogP contribution in [-0.4, -0.2) is 50.9 Å². The van der Waals surface area contributed by atoms with Gasteiger partial charge in [0.1, 0.15) is 18.3 Å². The van der Waals surface area contributed by atoms with Crippen LogP contribution in [0.5, 0.6) is 0 Å². The van der Waals surface area contributed by atoms with E-state index in [1.54, 1.807) is 11.0 Å². The molecular formula is C31H36ClN5O. The van der Waals surface area contributed by atoms with Gasteiger partial charge in [0.25, 0.3) is 0 Å². The topological polar surface area (TPSA) is 66.2 Å². The Labute approximate surface area is 230 Å². The third kappa shape index (κ3) is 6.51. The van der Waals surface area contributed by atoms with Crippen molar-refractivity contribution in [2.45, 2.75) is 38.5 Å². The van der Waals surface area contributed by atoms with Crippen LogP contribution < -0.4 is 5.32 Å².